The highest BCUT2D eigenvalue weighted by Crippen LogP contribution is 2.32. The number of carbonyl (C=O) groups is 3. The van der Waals surface area contributed by atoms with E-state index in [1.54, 1.807) is 53.4 Å². The van der Waals surface area contributed by atoms with Crippen LogP contribution >= 0.6 is 0 Å². The maximum absolute atomic E-state index is 13.2. The molecule has 2 atom stereocenters. The van der Waals surface area contributed by atoms with Crippen LogP contribution in [-0.4, -0.2) is 56.2 Å². The van der Waals surface area contributed by atoms with Gasteiger partial charge in [-0.2, -0.15) is 5.26 Å². The summed E-state index contributed by atoms with van der Waals surface area (Å²) in [5, 5.41) is 14.4. The lowest BCUT2D eigenvalue weighted by Crippen LogP contribution is -2.53. The topological polar surface area (TPSA) is 140 Å². The number of nitrogens with zero attached hydrogens (tertiary/aromatic N) is 3. The third-order valence-electron chi connectivity index (χ3n) is 6.14. The fourth-order valence-electron chi connectivity index (χ4n) is 4.39. The molecule has 0 aromatic heterocycles. The molecule has 1 fully saturated rings. The molecule has 2 aromatic carbocycles. The molecule has 2 aromatic rings. The van der Waals surface area contributed by atoms with Crippen molar-refractivity contribution < 1.29 is 22.8 Å². The number of nitrogens with one attached hydrogen (secondary N) is 2. The molecule has 1 saturated heterocycles. The molecule has 2 heterocycles. The second-order valence-corrected chi connectivity index (χ2v) is 9.38. The number of nitriles is 1. The van der Waals surface area contributed by atoms with E-state index < -0.39 is 41.2 Å². The standard InChI is InChI=1S/C24H25N5O5S/c25-15-17-9-7-16(8-10-17)13-19(24(32)28-11-3-4-12-28)26-22(30)14-21-23(31)27-18-5-1-2-6-20(18)29(21)35(33)34/h1-2,5-10,19,21,35H,3-4,11-14H2,(H,26,30)(H,27,31). The lowest BCUT2D eigenvalue weighted by Gasteiger charge is -2.33. The summed E-state index contributed by atoms with van der Waals surface area (Å²) in [4.78, 5) is 40.6. The third kappa shape index (κ3) is 5.44. The van der Waals surface area contributed by atoms with Crippen molar-refractivity contribution in [3.63, 3.8) is 0 Å². The second-order valence-electron chi connectivity index (χ2n) is 8.47. The van der Waals surface area contributed by atoms with Crippen LogP contribution in [0.4, 0.5) is 11.4 Å². The molecule has 0 bridgehead atoms. The lowest BCUT2D eigenvalue weighted by molar-refractivity contribution is -0.135. The van der Waals surface area contributed by atoms with E-state index in [4.69, 9.17) is 5.26 Å². The first-order chi connectivity index (χ1) is 16.9. The van der Waals surface area contributed by atoms with Gasteiger partial charge in [-0.15, -0.1) is 0 Å². The summed E-state index contributed by atoms with van der Waals surface area (Å²) in [6.45, 7) is 1.20. The predicted molar refractivity (Wildman–Crippen MR) is 129 cm³/mol. The number of benzene rings is 2. The average Bonchev–Trinajstić information content (AvgIpc) is 3.39. The second kappa shape index (κ2) is 10.6. The van der Waals surface area contributed by atoms with Gasteiger partial charge in [0.15, 0.2) is 0 Å². The van der Waals surface area contributed by atoms with E-state index in [-0.39, 0.29) is 18.0 Å². The van der Waals surface area contributed by atoms with Gasteiger partial charge in [0, 0.05) is 19.5 Å². The van der Waals surface area contributed by atoms with Crippen LogP contribution in [0, 0.1) is 11.3 Å². The van der Waals surface area contributed by atoms with Gasteiger partial charge in [-0.25, -0.2) is 8.42 Å². The monoisotopic (exact) mass is 495 g/mol. The Morgan fingerprint density at radius 2 is 1.80 bits per heavy atom. The van der Waals surface area contributed by atoms with Crippen molar-refractivity contribution in [3.05, 3.63) is 59.7 Å². The molecule has 182 valence electrons. The fourth-order valence-corrected chi connectivity index (χ4v) is 5.16. The fraction of sp³-hybridized carbons (Fsp3) is 0.333. The molecule has 3 amide bonds. The summed E-state index contributed by atoms with van der Waals surface area (Å²) in [6.07, 6.45) is 1.53. The van der Waals surface area contributed by atoms with Crippen molar-refractivity contribution in [2.75, 3.05) is 22.7 Å². The Bertz CT molecular complexity index is 1240. The number of amides is 3. The van der Waals surface area contributed by atoms with Crippen LogP contribution in [-0.2, 0) is 31.7 Å². The van der Waals surface area contributed by atoms with Crippen molar-refractivity contribution in [1.29, 1.82) is 5.26 Å². The van der Waals surface area contributed by atoms with E-state index in [2.05, 4.69) is 10.6 Å². The van der Waals surface area contributed by atoms with Crippen LogP contribution in [0.5, 0.6) is 0 Å². The molecule has 10 nitrogen and oxygen atoms in total. The molecular weight excluding hydrogens is 470 g/mol. The van der Waals surface area contributed by atoms with Gasteiger partial charge >= 0.3 is 0 Å². The summed E-state index contributed by atoms with van der Waals surface area (Å²) in [5.41, 5.74) is 1.87. The zero-order chi connectivity index (χ0) is 24.9. The highest BCUT2D eigenvalue weighted by atomic mass is 32.2. The first kappa shape index (κ1) is 24.2. The van der Waals surface area contributed by atoms with Crippen molar-refractivity contribution in [2.24, 2.45) is 0 Å². The molecule has 0 radical (unpaired) electrons. The van der Waals surface area contributed by atoms with Crippen LogP contribution in [0.2, 0.25) is 0 Å². The molecular formula is C24H25N5O5S. The number of anilines is 2. The number of hydrogen-bond donors (Lipinski definition) is 3. The zero-order valence-electron chi connectivity index (χ0n) is 18.8. The normalized spacial score (nSPS) is 17.9. The molecule has 2 unspecified atom stereocenters. The van der Waals surface area contributed by atoms with Crippen LogP contribution in [0.3, 0.4) is 0 Å². The third-order valence-corrected chi connectivity index (χ3v) is 6.98. The van der Waals surface area contributed by atoms with Crippen molar-refractivity contribution in [3.8, 4) is 6.07 Å². The average molecular weight is 496 g/mol. The Labute approximate surface area is 204 Å². The maximum Gasteiger partial charge on any atom is 0.248 e. The van der Waals surface area contributed by atoms with Crippen molar-refractivity contribution in [1.82, 2.24) is 10.2 Å². The number of rotatable bonds is 7. The molecule has 4 rings (SSSR count). The lowest BCUT2D eigenvalue weighted by atomic mass is 10.0. The largest absolute Gasteiger partial charge is 0.344 e. The first-order valence-corrected chi connectivity index (χ1v) is 12.4. The Hall–Kier alpha value is -3.91. The first-order valence-electron chi connectivity index (χ1n) is 11.3. The minimum absolute atomic E-state index is 0.200. The number of likely N-dealkylation sites (tertiary alicyclic amines) is 1. The number of thiol groups is 1. The molecule has 0 saturated carbocycles. The molecule has 2 N–H and O–H groups in total. The van der Waals surface area contributed by atoms with Gasteiger partial charge in [0.05, 0.1) is 29.4 Å². The van der Waals surface area contributed by atoms with Crippen LogP contribution in [0.15, 0.2) is 48.5 Å². The van der Waals surface area contributed by atoms with Gasteiger partial charge in [-0.05, 0) is 42.7 Å². The number of hydrogen-bond acceptors (Lipinski definition) is 6. The summed E-state index contributed by atoms with van der Waals surface area (Å²) >= 11 is 0. The van der Waals surface area contributed by atoms with Gasteiger partial charge < -0.3 is 15.5 Å². The highest BCUT2D eigenvalue weighted by molar-refractivity contribution is 7.74. The predicted octanol–water partition coefficient (Wildman–Crippen LogP) is 0.952. The smallest absolute Gasteiger partial charge is 0.248 e. The van der Waals surface area contributed by atoms with E-state index >= 15 is 0 Å². The van der Waals surface area contributed by atoms with Crippen LogP contribution in [0.1, 0.15) is 30.4 Å². The molecule has 35 heavy (non-hydrogen) atoms. The Kier molecular flexibility index (Phi) is 7.31. The molecule has 0 aliphatic carbocycles. The summed E-state index contributed by atoms with van der Waals surface area (Å²) < 4.78 is 25.0. The minimum Gasteiger partial charge on any atom is -0.344 e. The van der Waals surface area contributed by atoms with E-state index in [1.165, 1.54) is 0 Å². The van der Waals surface area contributed by atoms with Crippen molar-refractivity contribution in [2.45, 2.75) is 37.8 Å². The summed E-state index contributed by atoms with van der Waals surface area (Å²) in [5.74, 6) is -1.46. The molecule has 11 heteroatoms. The number of para-hydroxylation sites is 2. The highest BCUT2D eigenvalue weighted by Gasteiger charge is 2.37. The van der Waals surface area contributed by atoms with E-state index in [0.717, 1.165) is 22.7 Å². The number of carbonyl (C=O) groups excluding carboxylic acids is 3. The van der Waals surface area contributed by atoms with Gasteiger partial charge in [-0.1, -0.05) is 24.3 Å². The minimum atomic E-state index is -3.20. The molecule has 0 spiro atoms. The van der Waals surface area contributed by atoms with Gasteiger partial charge in [0.1, 0.15) is 12.1 Å². The van der Waals surface area contributed by atoms with Crippen LogP contribution < -0.4 is 14.9 Å². The van der Waals surface area contributed by atoms with Gasteiger partial charge in [0.25, 0.3) is 0 Å². The Morgan fingerprint density at radius 1 is 1.11 bits per heavy atom. The van der Waals surface area contributed by atoms with E-state index in [0.29, 0.717) is 24.3 Å². The van der Waals surface area contributed by atoms with Crippen LogP contribution in [0.25, 0.3) is 0 Å². The molecule has 2 aliphatic rings. The Morgan fingerprint density at radius 3 is 2.46 bits per heavy atom. The van der Waals surface area contributed by atoms with Gasteiger partial charge in [0.2, 0.25) is 28.6 Å². The summed E-state index contributed by atoms with van der Waals surface area (Å²) in [7, 11) is -3.20. The quantitative estimate of drug-likeness (QED) is 0.489. The summed E-state index contributed by atoms with van der Waals surface area (Å²) in [6, 6.07) is 13.1. The Balaban J connectivity index is 1.53. The zero-order valence-corrected chi connectivity index (χ0v) is 19.7. The van der Waals surface area contributed by atoms with Crippen molar-refractivity contribution >= 4 is 40.0 Å². The van der Waals surface area contributed by atoms with E-state index in [9.17, 15) is 22.8 Å². The van der Waals surface area contributed by atoms with Gasteiger partial charge in [-0.3, -0.25) is 18.7 Å². The SMILES string of the molecule is N#Cc1ccc(CC(NC(=O)CC2C(=O)Nc3ccccc3N2[SH](=O)=O)C(=O)N2CCCC2)cc1. The molecule has 2 aliphatic heterocycles. The van der Waals surface area contributed by atoms with E-state index in [1.807, 2.05) is 6.07 Å². The maximum atomic E-state index is 13.2. The number of fused-ring (bicyclic) bond motifs is 1.